The quantitative estimate of drug-likeness (QED) is 0.250. The molecule has 0 unspecified atom stereocenters. The van der Waals surface area contributed by atoms with E-state index in [1.807, 2.05) is 11.0 Å². The highest BCUT2D eigenvalue weighted by atomic mass is 35.5. The number of Topliss-reactive ketones (excluding diaryl/α,β-unsaturated/α-hetero) is 1. The molecule has 1 heterocycles. The van der Waals surface area contributed by atoms with Gasteiger partial charge in [0, 0.05) is 18.7 Å². The number of carbonyl (C=O) groups excluding carboxylic acids is 1. The van der Waals surface area contributed by atoms with Crippen molar-refractivity contribution >= 4 is 23.8 Å². The van der Waals surface area contributed by atoms with E-state index in [-0.39, 0.29) is 24.7 Å². The highest BCUT2D eigenvalue weighted by molar-refractivity contribution is 5.98. The summed E-state index contributed by atoms with van der Waals surface area (Å²) in [6.07, 6.45) is -6.48. The number of carbonyl (C=O) groups is 1. The Bertz CT molecular complexity index is 1250. The van der Waals surface area contributed by atoms with Gasteiger partial charge < -0.3 is 0 Å². The molecule has 1 aliphatic rings. The van der Waals surface area contributed by atoms with Crippen molar-refractivity contribution in [2.75, 3.05) is 19.6 Å². The van der Waals surface area contributed by atoms with Crippen LogP contribution in [0.15, 0.2) is 78.9 Å². The molecule has 0 atom stereocenters. The second-order valence-electron chi connectivity index (χ2n) is 8.37. The molecule has 3 aromatic carbocycles. The molecular weight excluding hydrogens is 504 g/mol. The fourth-order valence-corrected chi connectivity index (χ4v) is 4.03. The Morgan fingerprint density at radius 3 is 1.83 bits per heavy atom. The first-order chi connectivity index (χ1) is 16.5. The Hall–Kier alpha value is -3.10. The first-order valence-corrected chi connectivity index (χ1v) is 10.9. The maximum Gasteiger partial charge on any atom is 0.416 e. The van der Waals surface area contributed by atoms with Crippen LogP contribution in [0.5, 0.6) is 0 Å². The molecular formula is C27H22ClF6NO. The Labute approximate surface area is 210 Å². The molecule has 190 valence electrons. The smallest absolute Gasteiger partial charge is 0.293 e. The molecule has 3 aromatic rings. The summed E-state index contributed by atoms with van der Waals surface area (Å²) in [4.78, 5) is 14.6. The van der Waals surface area contributed by atoms with Gasteiger partial charge >= 0.3 is 12.4 Å². The zero-order valence-corrected chi connectivity index (χ0v) is 19.7. The monoisotopic (exact) mass is 525 g/mol. The van der Waals surface area contributed by atoms with E-state index in [4.69, 9.17) is 0 Å². The lowest BCUT2D eigenvalue weighted by molar-refractivity contribution is -0.138. The molecule has 0 radical (unpaired) electrons. The highest BCUT2D eigenvalue weighted by Gasteiger charge is 2.31. The lowest BCUT2D eigenvalue weighted by atomic mass is 9.97. The predicted octanol–water partition coefficient (Wildman–Crippen LogP) is 7.79. The number of ketones is 1. The maximum atomic E-state index is 13.0. The Morgan fingerprint density at radius 2 is 1.31 bits per heavy atom. The second-order valence-corrected chi connectivity index (χ2v) is 8.37. The van der Waals surface area contributed by atoms with E-state index in [9.17, 15) is 31.1 Å². The molecule has 0 saturated carbocycles. The van der Waals surface area contributed by atoms with E-state index < -0.39 is 23.5 Å². The second kappa shape index (κ2) is 10.9. The Morgan fingerprint density at radius 1 is 0.750 bits per heavy atom. The minimum Gasteiger partial charge on any atom is -0.293 e. The molecule has 0 amide bonds. The van der Waals surface area contributed by atoms with Gasteiger partial charge in [0.2, 0.25) is 0 Å². The summed E-state index contributed by atoms with van der Waals surface area (Å²) in [6.45, 7) is 1.09. The first-order valence-electron chi connectivity index (χ1n) is 10.9. The zero-order valence-electron chi connectivity index (χ0n) is 18.9. The topological polar surface area (TPSA) is 20.3 Å². The summed E-state index contributed by atoms with van der Waals surface area (Å²) >= 11 is 0. The number of hydrogen-bond acceptors (Lipinski definition) is 2. The van der Waals surface area contributed by atoms with E-state index in [0.717, 1.165) is 29.8 Å². The van der Waals surface area contributed by atoms with E-state index in [0.29, 0.717) is 41.8 Å². The van der Waals surface area contributed by atoms with Crippen LogP contribution >= 0.6 is 12.4 Å². The predicted molar refractivity (Wildman–Crippen MR) is 129 cm³/mol. The lowest BCUT2D eigenvalue weighted by Crippen LogP contribution is -2.33. The van der Waals surface area contributed by atoms with Gasteiger partial charge in [0.15, 0.2) is 5.78 Å². The van der Waals surface area contributed by atoms with Gasteiger partial charge in [0.05, 0.1) is 17.7 Å². The normalized spacial score (nSPS) is 14.7. The van der Waals surface area contributed by atoms with Crippen LogP contribution in [0.4, 0.5) is 26.3 Å². The standard InChI is InChI=1S/C27H21F6NO.ClH/c28-26(29,30)23-5-1-3-21(15-23)18-7-9-20(10-8-18)25(35)17-34-13-11-19(12-14-34)22-4-2-6-24(16-22)27(31,32)33;/h1-11,15-16H,12-14,17H2;1H. The molecule has 0 fully saturated rings. The SMILES string of the molecule is Cl.O=C(CN1CC=C(c2cccc(C(F)(F)F)c2)CC1)c1ccc(-c2cccc(C(F)(F)F)c2)cc1. The van der Waals surface area contributed by atoms with E-state index in [1.54, 1.807) is 36.4 Å². The summed E-state index contributed by atoms with van der Waals surface area (Å²) < 4.78 is 77.8. The molecule has 1 aliphatic heterocycles. The van der Waals surface area contributed by atoms with Crippen molar-refractivity contribution in [3.63, 3.8) is 0 Å². The number of alkyl halides is 6. The molecule has 0 saturated heterocycles. The summed E-state index contributed by atoms with van der Waals surface area (Å²) in [7, 11) is 0. The maximum absolute atomic E-state index is 13.0. The number of hydrogen-bond donors (Lipinski definition) is 0. The molecule has 2 nitrogen and oxygen atoms in total. The van der Waals surface area contributed by atoms with Gasteiger partial charge in [-0.25, -0.2) is 0 Å². The largest absolute Gasteiger partial charge is 0.416 e. The van der Waals surface area contributed by atoms with Crippen molar-refractivity contribution in [3.8, 4) is 11.1 Å². The summed E-state index contributed by atoms with van der Waals surface area (Å²) in [5, 5.41) is 0. The first kappa shape index (κ1) is 27.5. The summed E-state index contributed by atoms with van der Waals surface area (Å²) in [5.74, 6) is -0.142. The zero-order chi connectivity index (χ0) is 25.2. The molecule has 9 heteroatoms. The minimum atomic E-state index is -4.43. The van der Waals surface area contributed by atoms with E-state index in [2.05, 4.69) is 0 Å². The Balaban J connectivity index is 0.00000361. The number of nitrogens with zero attached hydrogens (tertiary/aromatic N) is 1. The van der Waals surface area contributed by atoms with Crippen LogP contribution < -0.4 is 0 Å². The van der Waals surface area contributed by atoms with Gasteiger partial charge in [0.1, 0.15) is 0 Å². The lowest BCUT2D eigenvalue weighted by Gasteiger charge is -2.26. The number of rotatable bonds is 5. The third-order valence-corrected chi connectivity index (χ3v) is 5.95. The molecule has 4 rings (SSSR count). The molecule has 0 aliphatic carbocycles. The Kier molecular flexibility index (Phi) is 8.31. The van der Waals surface area contributed by atoms with Crippen molar-refractivity contribution < 1.29 is 31.1 Å². The van der Waals surface area contributed by atoms with Crippen LogP contribution in [0.25, 0.3) is 16.7 Å². The van der Waals surface area contributed by atoms with Gasteiger partial charge in [-0.05, 0) is 52.9 Å². The van der Waals surface area contributed by atoms with Gasteiger partial charge in [-0.3, -0.25) is 9.69 Å². The summed E-state index contributed by atoms with van der Waals surface area (Å²) in [5.41, 5.74) is 1.32. The molecule has 0 aromatic heterocycles. The fourth-order valence-electron chi connectivity index (χ4n) is 4.03. The van der Waals surface area contributed by atoms with Gasteiger partial charge in [-0.1, -0.05) is 54.6 Å². The van der Waals surface area contributed by atoms with Gasteiger partial charge in [-0.15, -0.1) is 12.4 Å². The number of halogens is 7. The van der Waals surface area contributed by atoms with E-state index in [1.165, 1.54) is 12.1 Å². The highest BCUT2D eigenvalue weighted by Crippen LogP contribution is 2.33. The van der Waals surface area contributed by atoms with Crippen molar-refractivity contribution in [2.24, 2.45) is 0 Å². The van der Waals surface area contributed by atoms with Crippen molar-refractivity contribution in [1.82, 2.24) is 4.90 Å². The average Bonchev–Trinajstić information content (AvgIpc) is 2.84. The van der Waals surface area contributed by atoms with Crippen molar-refractivity contribution in [1.29, 1.82) is 0 Å². The van der Waals surface area contributed by atoms with Crippen LogP contribution in [-0.4, -0.2) is 30.3 Å². The van der Waals surface area contributed by atoms with Crippen molar-refractivity contribution in [2.45, 2.75) is 18.8 Å². The van der Waals surface area contributed by atoms with Crippen molar-refractivity contribution in [3.05, 3.63) is 101 Å². The minimum absolute atomic E-state index is 0. The average molecular weight is 526 g/mol. The molecule has 0 bridgehead atoms. The molecule has 36 heavy (non-hydrogen) atoms. The fraction of sp³-hybridized carbons (Fsp3) is 0.222. The molecule has 0 spiro atoms. The summed E-state index contributed by atoms with van der Waals surface area (Å²) in [6, 6.07) is 16.6. The van der Waals surface area contributed by atoms with Gasteiger partial charge in [0.25, 0.3) is 0 Å². The molecule has 0 N–H and O–H groups in total. The van der Waals surface area contributed by atoms with Crippen LogP contribution in [0.2, 0.25) is 0 Å². The van der Waals surface area contributed by atoms with Crippen LogP contribution in [0, 0.1) is 0 Å². The van der Waals surface area contributed by atoms with E-state index >= 15 is 0 Å². The third kappa shape index (κ3) is 6.56. The van der Waals surface area contributed by atoms with Gasteiger partial charge in [-0.2, -0.15) is 26.3 Å². The van der Waals surface area contributed by atoms with Crippen LogP contribution in [0.1, 0.15) is 33.5 Å². The van der Waals surface area contributed by atoms with Crippen LogP contribution in [0.3, 0.4) is 0 Å². The number of benzene rings is 3. The third-order valence-electron chi connectivity index (χ3n) is 5.95. The van der Waals surface area contributed by atoms with Crippen LogP contribution in [-0.2, 0) is 12.4 Å².